The lowest BCUT2D eigenvalue weighted by Crippen LogP contribution is -2.15. The molecule has 0 radical (unpaired) electrons. The van der Waals surface area contributed by atoms with Gasteiger partial charge in [0.2, 0.25) is 10.0 Å². The Labute approximate surface area is 128 Å². The first-order valence-corrected chi connectivity index (χ1v) is 8.52. The van der Waals surface area contributed by atoms with Crippen LogP contribution in [-0.4, -0.2) is 18.4 Å². The summed E-state index contributed by atoms with van der Waals surface area (Å²) in [4.78, 5) is 8.36. The average molecular weight is 314 g/mol. The zero-order chi connectivity index (χ0) is 15.6. The maximum atomic E-state index is 12.1. The summed E-state index contributed by atoms with van der Waals surface area (Å²) >= 11 is 0. The first kappa shape index (κ1) is 14.5. The summed E-state index contributed by atoms with van der Waals surface area (Å²) in [6.45, 7) is 0. The van der Waals surface area contributed by atoms with Crippen LogP contribution < -0.4 is 4.72 Å². The number of anilines is 1. The lowest BCUT2D eigenvalue weighted by molar-refractivity contribution is 0.600. The number of benzene rings is 1. The highest BCUT2D eigenvalue weighted by molar-refractivity contribution is 7.91. The van der Waals surface area contributed by atoms with Crippen molar-refractivity contribution in [2.24, 2.45) is 0 Å². The van der Waals surface area contributed by atoms with E-state index in [4.69, 9.17) is 5.26 Å². The number of aromatic nitrogens is 2. The van der Waals surface area contributed by atoms with E-state index in [0.29, 0.717) is 22.7 Å². The molecule has 0 spiro atoms. The molecule has 1 saturated carbocycles. The maximum absolute atomic E-state index is 12.1. The van der Waals surface area contributed by atoms with E-state index < -0.39 is 10.0 Å². The minimum absolute atomic E-state index is 0.164. The third-order valence-electron chi connectivity index (χ3n) is 3.33. The molecule has 0 aliphatic heterocycles. The number of rotatable bonds is 5. The molecule has 0 unspecified atom stereocenters. The minimum atomic E-state index is -3.54. The molecule has 6 nitrogen and oxygen atoms in total. The van der Waals surface area contributed by atoms with E-state index in [1.54, 1.807) is 24.3 Å². The number of sulfonamides is 1. The van der Waals surface area contributed by atoms with Gasteiger partial charge in [0.25, 0.3) is 0 Å². The van der Waals surface area contributed by atoms with Gasteiger partial charge in [-0.15, -0.1) is 0 Å². The predicted molar refractivity (Wildman–Crippen MR) is 81.4 cm³/mol. The van der Waals surface area contributed by atoms with Gasteiger partial charge in [0, 0.05) is 5.92 Å². The van der Waals surface area contributed by atoms with E-state index in [-0.39, 0.29) is 5.75 Å². The SMILES string of the molecule is N#Cc1ccc(CS(=O)(=O)Nc2cnc(C3CC3)nc2)cc1. The van der Waals surface area contributed by atoms with E-state index in [1.807, 2.05) is 6.07 Å². The van der Waals surface area contributed by atoms with Crippen LogP contribution in [0.5, 0.6) is 0 Å². The molecule has 1 aliphatic carbocycles. The number of nitriles is 1. The van der Waals surface area contributed by atoms with E-state index >= 15 is 0 Å². The van der Waals surface area contributed by atoms with Crippen molar-refractivity contribution in [1.82, 2.24) is 9.97 Å². The van der Waals surface area contributed by atoms with E-state index in [2.05, 4.69) is 14.7 Å². The molecule has 1 aliphatic rings. The molecule has 1 fully saturated rings. The van der Waals surface area contributed by atoms with Gasteiger partial charge < -0.3 is 0 Å². The molecule has 7 heteroatoms. The van der Waals surface area contributed by atoms with Gasteiger partial charge in [-0.25, -0.2) is 18.4 Å². The Balaban J connectivity index is 1.68. The summed E-state index contributed by atoms with van der Waals surface area (Å²) in [6, 6.07) is 8.44. The minimum Gasteiger partial charge on any atom is -0.280 e. The van der Waals surface area contributed by atoms with E-state index in [0.717, 1.165) is 18.7 Å². The maximum Gasteiger partial charge on any atom is 0.237 e. The third kappa shape index (κ3) is 3.59. The smallest absolute Gasteiger partial charge is 0.237 e. The van der Waals surface area contributed by atoms with Gasteiger partial charge in [0.1, 0.15) is 5.82 Å². The molecule has 22 heavy (non-hydrogen) atoms. The molecule has 1 aromatic heterocycles. The molecule has 112 valence electrons. The fraction of sp³-hybridized carbons (Fsp3) is 0.267. The average Bonchev–Trinajstić information content (AvgIpc) is 3.33. The Morgan fingerprint density at radius 3 is 2.36 bits per heavy atom. The molecular weight excluding hydrogens is 300 g/mol. The van der Waals surface area contributed by atoms with Crippen LogP contribution in [-0.2, 0) is 15.8 Å². The van der Waals surface area contributed by atoms with Crippen molar-refractivity contribution in [3.8, 4) is 6.07 Å². The van der Waals surface area contributed by atoms with Gasteiger partial charge in [-0.2, -0.15) is 5.26 Å². The monoisotopic (exact) mass is 314 g/mol. The van der Waals surface area contributed by atoms with E-state index in [1.165, 1.54) is 12.4 Å². The Hall–Kier alpha value is -2.46. The van der Waals surface area contributed by atoms with Crippen molar-refractivity contribution in [3.05, 3.63) is 53.6 Å². The number of nitrogens with one attached hydrogen (secondary N) is 1. The topological polar surface area (TPSA) is 95.7 Å². The second-order valence-corrected chi connectivity index (χ2v) is 7.00. The second kappa shape index (κ2) is 5.73. The van der Waals surface area contributed by atoms with Crippen molar-refractivity contribution in [2.75, 3.05) is 4.72 Å². The molecule has 0 atom stereocenters. The lowest BCUT2D eigenvalue weighted by atomic mass is 10.2. The Bertz CT molecular complexity index is 804. The fourth-order valence-corrected chi connectivity index (χ4v) is 3.22. The summed E-state index contributed by atoms with van der Waals surface area (Å²) in [5, 5.41) is 8.73. The van der Waals surface area contributed by atoms with Gasteiger partial charge >= 0.3 is 0 Å². The second-order valence-electron chi connectivity index (χ2n) is 5.27. The highest BCUT2D eigenvalue weighted by Crippen LogP contribution is 2.37. The van der Waals surface area contributed by atoms with Crippen molar-refractivity contribution < 1.29 is 8.42 Å². The van der Waals surface area contributed by atoms with Gasteiger partial charge in [-0.3, -0.25) is 4.72 Å². The summed E-state index contributed by atoms with van der Waals surface area (Å²) in [7, 11) is -3.54. The van der Waals surface area contributed by atoms with Crippen LogP contribution in [0.1, 0.15) is 35.7 Å². The Morgan fingerprint density at radius 2 is 1.82 bits per heavy atom. The molecule has 0 saturated heterocycles. The van der Waals surface area contributed by atoms with E-state index in [9.17, 15) is 8.42 Å². The molecule has 1 aromatic carbocycles. The number of nitrogens with zero attached hydrogens (tertiary/aromatic N) is 3. The van der Waals surface area contributed by atoms with Crippen molar-refractivity contribution in [2.45, 2.75) is 24.5 Å². The zero-order valence-corrected chi connectivity index (χ0v) is 12.5. The third-order valence-corrected chi connectivity index (χ3v) is 4.59. The summed E-state index contributed by atoms with van der Waals surface area (Å²) in [5.41, 5.74) is 1.47. The molecule has 1 N–H and O–H groups in total. The predicted octanol–water partition coefficient (Wildman–Crippen LogP) is 2.17. The van der Waals surface area contributed by atoms with Crippen LogP contribution in [0, 0.1) is 11.3 Å². The van der Waals surface area contributed by atoms with Crippen molar-refractivity contribution in [1.29, 1.82) is 5.26 Å². The fourth-order valence-electron chi connectivity index (χ4n) is 2.05. The number of hydrogen-bond donors (Lipinski definition) is 1. The van der Waals surface area contributed by atoms with Crippen molar-refractivity contribution >= 4 is 15.7 Å². The lowest BCUT2D eigenvalue weighted by Gasteiger charge is -2.08. The van der Waals surface area contributed by atoms with Crippen LogP contribution in [0.15, 0.2) is 36.7 Å². The number of hydrogen-bond acceptors (Lipinski definition) is 5. The first-order chi connectivity index (χ1) is 10.6. The van der Waals surface area contributed by atoms with Gasteiger partial charge in [0.05, 0.1) is 35.5 Å². The van der Waals surface area contributed by atoms with Gasteiger partial charge in [0.15, 0.2) is 0 Å². The molecule has 1 heterocycles. The molecule has 2 aromatic rings. The molecule has 3 rings (SSSR count). The van der Waals surface area contributed by atoms with Crippen molar-refractivity contribution in [3.63, 3.8) is 0 Å². The van der Waals surface area contributed by atoms with Gasteiger partial charge in [-0.05, 0) is 30.5 Å². The van der Waals surface area contributed by atoms with Crippen LogP contribution in [0.25, 0.3) is 0 Å². The Morgan fingerprint density at radius 1 is 1.18 bits per heavy atom. The molecular formula is C15H14N4O2S. The van der Waals surface area contributed by atoms with Crippen LogP contribution >= 0.6 is 0 Å². The summed E-state index contributed by atoms with van der Waals surface area (Å²) in [5.74, 6) is 1.04. The van der Waals surface area contributed by atoms with Gasteiger partial charge in [-0.1, -0.05) is 12.1 Å². The Kier molecular flexibility index (Phi) is 3.77. The van der Waals surface area contributed by atoms with Crippen LogP contribution in [0.3, 0.4) is 0 Å². The molecule has 0 amide bonds. The summed E-state index contributed by atoms with van der Waals surface area (Å²) in [6.07, 6.45) is 5.20. The molecule has 0 bridgehead atoms. The quantitative estimate of drug-likeness (QED) is 0.912. The van der Waals surface area contributed by atoms with Crippen LogP contribution in [0.2, 0.25) is 0 Å². The highest BCUT2D eigenvalue weighted by Gasteiger charge is 2.26. The standard InChI is InChI=1S/C15H14N4O2S/c16-7-11-1-3-12(4-2-11)10-22(20,21)19-14-8-17-15(18-9-14)13-5-6-13/h1-4,8-9,13,19H,5-6,10H2. The largest absolute Gasteiger partial charge is 0.280 e. The normalized spacial score (nSPS) is 14.3. The summed E-state index contributed by atoms with van der Waals surface area (Å²) < 4.78 is 26.7. The zero-order valence-electron chi connectivity index (χ0n) is 11.7. The first-order valence-electron chi connectivity index (χ1n) is 6.87. The highest BCUT2D eigenvalue weighted by atomic mass is 32.2. The van der Waals surface area contributed by atoms with Crippen LogP contribution in [0.4, 0.5) is 5.69 Å².